The van der Waals surface area contributed by atoms with Crippen molar-refractivity contribution < 1.29 is 12.8 Å². The van der Waals surface area contributed by atoms with Crippen molar-refractivity contribution >= 4 is 27.0 Å². The number of anilines is 1. The number of hydrogen-bond donors (Lipinski definition) is 2. The highest BCUT2D eigenvalue weighted by molar-refractivity contribution is 7.89. The molecule has 0 unspecified atom stereocenters. The van der Waals surface area contributed by atoms with Crippen molar-refractivity contribution in [3.63, 3.8) is 0 Å². The lowest BCUT2D eigenvalue weighted by molar-refractivity contribution is 0.578. The van der Waals surface area contributed by atoms with Crippen LogP contribution in [0.5, 0.6) is 0 Å². The molecule has 0 bridgehead atoms. The highest BCUT2D eigenvalue weighted by Gasteiger charge is 2.15. The average Bonchev–Trinajstić information content (AvgIpc) is 2.85. The molecule has 1 heterocycles. The molecule has 19 heavy (non-hydrogen) atoms. The van der Waals surface area contributed by atoms with Gasteiger partial charge in [-0.05, 0) is 36.1 Å². The molecule has 0 atom stereocenters. The second kappa shape index (κ2) is 5.68. The molecule has 0 spiro atoms. The highest BCUT2D eigenvalue weighted by atomic mass is 32.2. The Kier molecular flexibility index (Phi) is 4.18. The Hall–Kier alpha value is -1.44. The molecule has 0 aliphatic carbocycles. The van der Waals surface area contributed by atoms with Gasteiger partial charge in [0.25, 0.3) is 0 Å². The van der Waals surface area contributed by atoms with Gasteiger partial charge in [0.1, 0.15) is 5.82 Å². The summed E-state index contributed by atoms with van der Waals surface area (Å²) < 4.78 is 39.5. The molecule has 0 aliphatic rings. The Labute approximate surface area is 115 Å². The molecule has 0 aliphatic heterocycles. The quantitative estimate of drug-likeness (QED) is 0.830. The molecule has 0 radical (unpaired) electrons. The van der Waals surface area contributed by atoms with E-state index in [1.165, 1.54) is 12.1 Å². The summed E-state index contributed by atoms with van der Waals surface area (Å²) in [5.74, 6) is -0.735. The van der Waals surface area contributed by atoms with Crippen LogP contribution in [0.2, 0.25) is 0 Å². The van der Waals surface area contributed by atoms with Crippen molar-refractivity contribution in [2.75, 3.05) is 12.3 Å². The average molecular weight is 300 g/mol. The first-order valence-electron chi connectivity index (χ1n) is 5.56. The standard InChI is InChI=1S/C12H13FN2O2S2/c13-11-8-10(3-4-12(11)14)19(16,17)15-6-5-9-2-1-7-18-9/h1-4,7-8,15H,5-6,14H2. The first-order valence-corrected chi connectivity index (χ1v) is 7.92. The van der Waals surface area contributed by atoms with Gasteiger partial charge in [-0.15, -0.1) is 11.3 Å². The van der Waals surface area contributed by atoms with Gasteiger partial charge in [-0.2, -0.15) is 0 Å². The fourth-order valence-electron chi connectivity index (χ4n) is 1.52. The van der Waals surface area contributed by atoms with Crippen LogP contribution in [0.25, 0.3) is 0 Å². The molecule has 2 aromatic rings. The minimum absolute atomic E-state index is 0.0717. The van der Waals surface area contributed by atoms with Gasteiger partial charge in [-0.25, -0.2) is 17.5 Å². The van der Waals surface area contributed by atoms with E-state index < -0.39 is 15.8 Å². The summed E-state index contributed by atoms with van der Waals surface area (Å²) in [5.41, 5.74) is 5.24. The second-order valence-corrected chi connectivity index (χ2v) is 6.71. The summed E-state index contributed by atoms with van der Waals surface area (Å²) in [6, 6.07) is 7.28. The van der Waals surface area contributed by atoms with Crippen LogP contribution in [0, 0.1) is 5.82 Å². The zero-order chi connectivity index (χ0) is 13.9. The molecule has 102 valence electrons. The van der Waals surface area contributed by atoms with E-state index in [4.69, 9.17) is 5.73 Å². The van der Waals surface area contributed by atoms with Crippen LogP contribution in [0.15, 0.2) is 40.6 Å². The summed E-state index contributed by atoms with van der Waals surface area (Å²) in [4.78, 5) is 0.969. The van der Waals surface area contributed by atoms with Crippen molar-refractivity contribution in [2.24, 2.45) is 0 Å². The second-order valence-electron chi connectivity index (χ2n) is 3.91. The lowest BCUT2D eigenvalue weighted by Gasteiger charge is -2.07. The molecule has 1 aromatic carbocycles. The summed E-state index contributed by atoms with van der Waals surface area (Å²) in [5, 5.41) is 1.93. The van der Waals surface area contributed by atoms with E-state index in [-0.39, 0.29) is 17.1 Å². The molecule has 0 fully saturated rings. The van der Waals surface area contributed by atoms with E-state index in [0.29, 0.717) is 6.42 Å². The molecular weight excluding hydrogens is 287 g/mol. The molecule has 0 saturated carbocycles. The van der Waals surface area contributed by atoms with Crippen molar-refractivity contribution in [1.29, 1.82) is 0 Å². The maximum atomic E-state index is 13.2. The van der Waals surface area contributed by atoms with E-state index in [1.54, 1.807) is 11.3 Å². The maximum absolute atomic E-state index is 13.2. The normalized spacial score (nSPS) is 11.6. The Balaban J connectivity index is 2.03. The van der Waals surface area contributed by atoms with Crippen LogP contribution in [0.4, 0.5) is 10.1 Å². The monoisotopic (exact) mass is 300 g/mol. The molecule has 1 aromatic heterocycles. The van der Waals surface area contributed by atoms with Crippen molar-refractivity contribution in [1.82, 2.24) is 4.72 Å². The molecule has 7 heteroatoms. The fourth-order valence-corrected chi connectivity index (χ4v) is 3.27. The molecule has 3 N–H and O–H groups in total. The van der Waals surface area contributed by atoms with E-state index >= 15 is 0 Å². The third-order valence-corrected chi connectivity index (χ3v) is 4.92. The predicted molar refractivity (Wildman–Crippen MR) is 74.0 cm³/mol. The topological polar surface area (TPSA) is 72.2 Å². The molecule has 0 amide bonds. The SMILES string of the molecule is Nc1ccc(S(=O)(=O)NCCc2cccs2)cc1F. The molecule has 0 saturated heterocycles. The number of nitrogens with two attached hydrogens (primary N) is 1. The first kappa shape index (κ1) is 14.0. The van der Waals surface area contributed by atoms with Crippen LogP contribution in [-0.2, 0) is 16.4 Å². The predicted octanol–water partition coefficient (Wildman–Crippen LogP) is 1.99. The van der Waals surface area contributed by atoms with E-state index in [9.17, 15) is 12.8 Å². The lowest BCUT2D eigenvalue weighted by Crippen LogP contribution is -2.26. The van der Waals surface area contributed by atoms with Crippen LogP contribution in [0.3, 0.4) is 0 Å². The van der Waals surface area contributed by atoms with Gasteiger partial charge in [-0.3, -0.25) is 0 Å². The van der Waals surface area contributed by atoms with Gasteiger partial charge in [0.05, 0.1) is 10.6 Å². The Morgan fingerprint density at radius 1 is 1.32 bits per heavy atom. The summed E-state index contributed by atoms with van der Waals surface area (Å²) in [6.45, 7) is 0.273. The third kappa shape index (κ3) is 3.52. The molecular formula is C12H13FN2O2S2. The van der Waals surface area contributed by atoms with Gasteiger partial charge >= 0.3 is 0 Å². The van der Waals surface area contributed by atoms with Gasteiger partial charge in [0, 0.05) is 11.4 Å². The summed E-state index contributed by atoms with van der Waals surface area (Å²) in [6.07, 6.45) is 0.606. The summed E-state index contributed by atoms with van der Waals surface area (Å²) in [7, 11) is -3.69. The van der Waals surface area contributed by atoms with Crippen LogP contribution in [-0.4, -0.2) is 15.0 Å². The zero-order valence-electron chi connectivity index (χ0n) is 9.97. The zero-order valence-corrected chi connectivity index (χ0v) is 11.6. The minimum atomic E-state index is -3.69. The molecule has 2 rings (SSSR count). The van der Waals surface area contributed by atoms with Crippen molar-refractivity contribution in [3.05, 3.63) is 46.4 Å². The van der Waals surface area contributed by atoms with Gasteiger partial charge in [0.15, 0.2) is 0 Å². The smallest absolute Gasteiger partial charge is 0.240 e. The minimum Gasteiger partial charge on any atom is -0.396 e. The van der Waals surface area contributed by atoms with Crippen molar-refractivity contribution in [2.45, 2.75) is 11.3 Å². The van der Waals surface area contributed by atoms with Gasteiger partial charge in [-0.1, -0.05) is 6.07 Å². The van der Waals surface area contributed by atoms with Gasteiger partial charge < -0.3 is 5.73 Å². The highest BCUT2D eigenvalue weighted by Crippen LogP contribution is 2.16. The van der Waals surface area contributed by atoms with Crippen LogP contribution < -0.4 is 10.5 Å². The van der Waals surface area contributed by atoms with E-state index in [1.807, 2.05) is 17.5 Å². The Bertz CT molecular complexity index is 654. The number of halogens is 1. The van der Waals surface area contributed by atoms with E-state index in [2.05, 4.69) is 4.72 Å². The number of sulfonamides is 1. The third-order valence-electron chi connectivity index (χ3n) is 2.53. The van der Waals surface area contributed by atoms with E-state index in [0.717, 1.165) is 10.9 Å². The number of nitrogens with one attached hydrogen (secondary N) is 1. The molecule has 4 nitrogen and oxygen atoms in total. The number of nitrogen functional groups attached to an aromatic ring is 1. The number of benzene rings is 1. The number of hydrogen-bond acceptors (Lipinski definition) is 4. The van der Waals surface area contributed by atoms with Crippen LogP contribution >= 0.6 is 11.3 Å². The Morgan fingerprint density at radius 3 is 2.74 bits per heavy atom. The largest absolute Gasteiger partial charge is 0.396 e. The van der Waals surface area contributed by atoms with Crippen LogP contribution in [0.1, 0.15) is 4.88 Å². The number of rotatable bonds is 5. The first-order chi connectivity index (χ1) is 8.99. The number of thiophene rings is 1. The summed E-state index contributed by atoms with van der Waals surface area (Å²) >= 11 is 1.56. The lowest BCUT2D eigenvalue weighted by atomic mass is 10.3. The van der Waals surface area contributed by atoms with Crippen molar-refractivity contribution in [3.8, 4) is 0 Å². The van der Waals surface area contributed by atoms with Gasteiger partial charge in [0.2, 0.25) is 10.0 Å². The Morgan fingerprint density at radius 2 is 2.11 bits per heavy atom. The fraction of sp³-hybridized carbons (Fsp3) is 0.167. The maximum Gasteiger partial charge on any atom is 0.240 e.